The van der Waals surface area contributed by atoms with E-state index in [1.807, 2.05) is 0 Å². The van der Waals surface area contributed by atoms with E-state index >= 15 is 0 Å². The summed E-state index contributed by atoms with van der Waals surface area (Å²) in [5.74, 6) is 0.342. The molecule has 1 aromatic carbocycles. The Morgan fingerprint density at radius 2 is 1.94 bits per heavy atom. The molecule has 0 amide bonds. The predicted molar refractivity (Wildman–Crippen MR) is 75.4 cm³/mol. The Morgan fingerprint density at radius 3 is 2.44 bits per heavy atom. The van der Waals surface area contributed by atoms with Crippen LogP contribution in [-0.2, 0) is 0 Å². The highest BCUT2D eigenvalue weighted by Gasteiger charge is 2.27. The van der Waals surface area contributed by atoms with Crippen LogP contribution in [0.25, 0.3) is 0 Å². The highest BCUT2D eigenvalue weighted by Crippen LogP contribution is 2.32. The molecule has 0 atom stereocenters. The van der Waals surface area contributed by atoms with Gasteiger partial charge in [0, 0.05) is 16.8 Å². The lowest BCUT2D eigenvalue weighted by Crippen LogP contribution is -2.29. The number of nitrogens with zero attached hydrogens (tertiary/aromatic N) is 1. The largest absolute Gasteiger partial charge is 0.486 e. The minimum atomic E-state index is -0.414. The molecule has 0 saturated heterocycles. The van der Waals surface area contributed by atoms with Gasteiger partial charge in [0.25, 0.3) is 0 Å². The summed E-state index contributed by atoms with van der Waals surface area (Å²) < 4.78 is 5.66. The Morgan fingerprint density at radius 1 is 1.33 bits per heavy atom. The molecule has 0 unspecified atom stereocenters. The van der Waals surface area contributed by atoms with Gasteiger partial charge in [-0.05, 0) is 18.9 Å². The lowest BCUT2D eigenvalue weighted by molar-refractivity contribution is -0.386. The summed E-state index contributed by atoms with van der Waals surface area (Å²) in [6.07, 6.45) is 1.94. The monoisotopic (exact) mass is 315 g/mol. The third-order valence-electron chi connectivity index (χ3n) is 3.38. The number of rotatable bonds is 7. The van der Waals surface area contributed by atoms with Crippen molar-refractivity contribution in [3.05, 3.63) is 34.4 Å². The first-order valence-electron chi connectivity index (χ1n) is 6.00. The Kier molecular flexibility index (Phi) is 5.59. The number of halogens is 1. The van der Waals surface area contributed by atoms with Crippen LogP contribution >= 0.6 is 15.9 Å². The van der Waals surface area contributed by atoms with Crippen molar-refractivity contribution in [1.29, 1.82) is 0 Å². The van der Waals surface area contributed by atoms with Gasteiger partial charge in [0.15, 0.2) is 5.75 Å². The van der Waals surface area contributed by atoms with E-state index < -0.39 is 4.92 Å². The van der Waals surface area contributed by atoms with Crippen LogP contribution in [0.15, 0.2) is 24.3 Å². The van der Waals surface area contributed by atoms with E-state index in [1.165, 1.54) is 6.07 Å². The Labute approximate surface area is 116 Å². The van der Waals surface area contributed by atoms with Crippen molar-refractivity contribution < 1.29 is 9.66 Å². The number of benzene rings is 1. The molecule has 5 heteroatoms. The fourth-order valence-electron chi connectivity index (χ4n) is 1.64. The van der Waals surface area contributed by atoms with Crippen LogP contribution < -0.4 is 4.74 Å². The van der Waals surface area contributed by atoms with Gasteiger partial charge in [-0.25, -0.2) is 0 Å². The van der Waals surface area contributed by atoms with Crippen LogP contribution in [0.1, 0.15) is 26.7 Å². The zero-order valence-electron chi connectivity index (χ0n) is 10.7. The summed E-state index contributed by atoms with van der Waals surface area (Å²) in [5, 5.41) is 11.7. The van der Waals surface area contributed by atoms with Gasteiger partial charge >= 0.3 is 5.69 Å². The lowest BCUT2D eigenvalue weighted by atomic mass is 9.86. The van der Waals surface area contributed by atoms with Crippen molar-refractivity contribution in [3.63, 3.8) is 0 Å². The van der Waals surface area contributed by atoms with E-state index in [0.717, 1.165) is 18.2 Å². The third-order valence-corrected chi connectivity index (χ3v) is 4.57. The summed E-state index contributed by atoms with van der Waals surface area (Å²) in [7, 11) is 0. The number of alkyl halides is 1. The summed E-state index contributed by atoms with van der Waals surface area (Å²) in [6, 6.07) is 6.49. The van der Waals surface area contributed by atoms with Gasteiger partial charge in [0.1, 0.15) is 0 Å². The predicted octanol–water partition coefficient (Wildman–Crippen LogP) is 4.17. The average Bonchev–Trinajstić information content (AvgIpc) is 2.41. The molecule has 0 heterocycles. The second-order valence-electron chi connectivity index (χ2n) is 4.35. The van der Waals surface area contributed by atoms with Crippen molar-refractivity contribution in [2.75, 3.05) is 11.9 Å². The molecule has 4 nitrogen and oxygen atoms in total. The molecule has 0 aliphatic heterocycles. The molecular formula is C13H18BrNO3. The number of nitro groups is 1. The molecule has 0 radical (unpaired) electrons. The van der Waals surface area contributed by atoms with Crippen molar-refractivity contribution in [3.8, 4) is 5.75 Å². The van der Waals surface area contributed by atoms with Gasteiger partial charge in [0.05, 0.1) is 11.5 Å². The minimum Gasteiger partial charge on any atom is -0.486 e. The SMILES string of the molecule is CCC(CC)(CBr)COc1ccccc1[N+](=O)[O-]. The first kappa shape index (κ1) is 15.0. The van der Waals surface area contributed by atoms with Crippen molar-refractivity contribution in [2.45, 2.75) is 26.7 Å². The fraction of sp³-hybridized carbons (Fsp3) is 0.538. The molecular weight excluding hydrogens is 298 g/mol. The quantitative estimate of drug-likeness (QED) is 0.431. The second-order valence-corrected chi connectivity index (χ2v) is 4.91. The molecule has 0 N–H and O–H groups in total. The molecule has 0 fully saturated rings. The normalized spacial score (nSPS) is 11.3. The van der Waals surface area contributed by atoms with E-state index in [4.69, 9.17) is 4.74 Å². The zero-order chi connectivity index (χ0) is 13.6. The number of hydrogen-bond acceptors (Lipinski definition) is 3. The van der Waals surface area contributed by atoms with E-state index in [1.54, 1.807) is 18.2 Å². The van der Waals surface area contributed by atoms with Crippen LogP contribution in [0.4, 0.5) is 5.69 Å². The first-order valence-corrected chi connectivity index (χ1v) is 7.13. The van der Waals surface area contributed by atoms with E-state index in [9.17, 15) is 10.1 Å². The molecule has 0 aliphatic carbocycles. The maximum atomic E-state index is 10.9. The van der Waals surface area contributed by atoms with E-state index in [2.05, 4.69) is 29.8 Å². The third kappa shape index (κ3) is 3.45. The van der Waals surface area contributed by atoms with Crippen molar-refractivity contribution in [2.24, 2.45) is 5.41 Å². The number of nitro benzene ring substituents is 1. The van der Waals surface area contributed by atoms with Crippen molar-refractivity contribution >= 4 is 21.6 Å². The minimum absolute atomic E-state index is 0.0215. The van der Waals surface area contributed by atoms with Crippen LogP contribution in [0.2, 0.25) is 0 Å². The Hall–Kier alpha value is -1.10. The molecule has 100 valence electrons. The lowest BCUT2D eigenvalue weighted by Gasteiger charge is -2.29. The summed E-state index contributed by atoms with van der Waals surface area (Å²) in [4.78, 5) is 10.5. The topological polar surface area (TPSA) is 52.4 Å². The van der Waals surface area contributed by atoms with Crippen LogP contribution in [0, 0.1) is 15.5 Å². The van der Waals surface area contributed by atoms with Gasteiger partial charge < -0.3 is 4.74 Å². The molecule has 0 saturated carbocycles. The molecule has 1 aromatic rings. The fourth-order valence-corrected chi connectivity index (χ4v) is 2.60. The molecule has 18 heavy (non-hydrogen) atoms. The molecule has 0 spiro atoms. The number of para-hydroxylation sites is 2. The Bertz CT molecular complexity index is 397. The summed E-state index contributed by atoms with van der Waals surface area (Å²) >= 11 is 3.50. The maximum Gasteiger partial charge on any atom is 0.310 e. The van der Waals surface area contributed by atoms with Gasteiger partial charge in [0.2, 0.25) is 0 Å². The van der Waals surface area contributed by atoms with Crippen LogP contribution in [-0.4, -0.2) is 16.9 Å². The standard InChI is InChI=1S/C13H18BrNO3/c1-3-13(4-2,9-14)10-18-12-8-6-5-7-11(12)15(16)17/h5-8H,3-4,9-10H2,1-2H3. The first-order chi connectivity index (χ1) is 8.58. The highest BCUT2D eigenvalue weighted by molar-refractivity contribution is 9.09. The second kappa shape index (κ2) is 6.73. The van der Waals surface area contributed by atoms with E-state index in [-0.39, 0.29) is 11.1 Å². The summed E-state index contributed by atoms with van der Waals surface area (Å²) in [5.41, 5.74) is 0.0529. The van der Waals surface area contributed by atoms with Gasteiger partial charge in [-0.15, -0.1) is 0 Å². The van der Waals surface area contributed by atoms with Crippen LogP contribution in [0.3, 0.4) is 0 Å². The van der Waals surface area contributed by atoms with Gasteiger partial charge in [-0.1, -0.05) is 41.9 Å². The molecule has 0 aliphatic rings. The molecule has 1 rings (SSSR count). The smallest absolute Gasteiger partial charge is 0.310 e. The molecule has 0 bridgehead atoms. The Balaban J connectivity index is 2.83. The number of ether oxygens (including phenoxy) is 1. The van der Waals surface area contributed by atoms with E-state index in [0.29, 0.717) is 12.4 Å². The van der Waals surface area contributed by atoms with Gasteiger partial charge in [-0.3, -0.25) is 10.1 Å². The highest BCUT2D eigenvalue weighted by atomic mass is 79.9. The van der Waals surface area contributed by atoms with Crippen LogP contribution in [0.5, 0.6) is 5.75 Å². The molecule has 0 aromatic heterocycles. The number of hydrogen-bond donors (Lipinski definition) is 0. The zero-order valence-corrected chi connectivity index (χ0v) is 12.3. The van der Waals surface area contributed by atoms with Gasteiger partial charge in [-0.2, -0.15) is 0 Å². The maximum absolute atomic E-state index is 10.9. The average molecular weight is 316 g/mol. The van der Waals surface area contributed by atoms with Crippen molar-refractivity contribution in [1.82, 2.24) is 0 Å². The summed E-state index contributed by atoms with van der Waals surface area (Å²) in [6.45, 7) is 4.69.